The number of hydrogen-bond acceptors (Lipinski definition) is 11. The van der Waals surface area contributed by atoms with Crippen molar-refractivity contribution in [3.05, 3.63) is 64.1 Å². The second-order valence-corrected chi connectivity index (χ2v) is 20.1. The van der Waals surface area contributed by atoms with E-state index < -0.39 is 63.5 Å². The average Bonchev–Trinajstić information content (AvgIpc) is 3.80. The third-order valence-corrected chi connectivity index (χ3v) is 14.8. The quantitative estimate of drug-likeness (QED) is 0.139. The molecule has 4 aliphatic rings. The number of piperidine rings is 1. The minimum atomic E-state index is -3.40. The smallest absolute Gasteiger partial charge is 0.329 e. The number of primary amides is 1. The highest BCUT2D eigenvalue weighted by Gasteiger charge is 2.45. The number of rotatable bonds is 14. The van der Waals surface area contributed by atoms with Crippen LogP contribution in [0, 0.1) is 11.8 Å². The second-order valence-electron chi connectivity index (χ2n) is 18.1. The zero-order valence-corrected chi connectivity index (χ0v) is 37.6. The Morgan fingerprint density at radius 3 is 2.28 bits per heavy atom. The van der Waals surface area contributed by atoms with Gasteiger partial charge in [-0.1, -0.05) is 18.2 Å². The van der Waals surface area contributed by atoms with E-state index in [9.17, 15) is 46.8 Å². The number of imide groups is 1. The third-order valence-electron chi connectivity index (χ3n) is 13.7. The fourth-order valence-corrected chi connectivity index (χ4v) is 10.6. The standard InChI is InChI=1S/C45H59N9O10S/c1-51-37-23-27(9-16-34(37)54(45(51)62)36-18-20-39(56)50-42(36)59)4-3-26-5-10-29(11-6-26)43(60)52-22-21-30-12-17-35(53(30)44(61)32(46)25-52)41(58)49-33(15-19-38(47)55)40(57)48-24-28-7-13-31(14-8-28)65(2,63)64/h7-9,13-14,16,23,26,29-30,32-33,35-36H,3-6,10-12,15,17-22,24-25,46H2,1-2H3,(H2,47,55)(H,48,57)(H,49,58)(H,50,56,59)/t26-,29+,30-,32+,33+,35+,36?/m1/s1. The van der Waals surface area contributed by atoms with Gasteiger partial charge < -0.3 is 31.9 Å². The Morgan fingerprint density at radius 2 is 1.60 bits per heavy atom. The number of aromatic nitrogens is 2. The minimum Gasteiger partial charge on any atom is -0.370 e. The summed E-state index contributed by atoms with van der Waals surface area (Å²) in [5.74, 6) is -2.86. The average molecular weight is 918 g/mol. The van der Waals surface area contributed by atoms with E-state index in [0.717, 1.165) is 43.0 Å². The molecule has 0 radical (unpaired) electrons. The summed E-state index contributed by atoms with van der Waals surface area (Å²) in [6.45, 7) is 0.421. The predicted molar refractivity (Wildman–Crippen MR) is 237 cm³/mol. The number of carbonyl (C=O) groups is 7. The highest BCUT2D eigenvalue weighted by atomic mass is 32.2. The lowest BCUT2D eigenvalue weighted by Crippen LogP contribution is -2.60. The first-order valence-electron chi connectivity index (χ1n) is 22.4. The minimum absolute atomic E-state index is 0.0141. The van der Waals surface area contributed by atoms with Crippen LogP contribution in [-0.4, -0.2) is 112 Å². The zero-order chi connectivity index (χ0) is 46.7. The highest BCUT2D eigenvalue weighted by Crippen LogP contribution is 2.35. The highest BCUT2D eigenvalue weighted by molar-refractivity contribution is 7.90. The Kier molecular flexibility index (Phi) is 14.3. The van der Waals surface area contributed by atoms with Crippen LogP contribution in [0.15, 0.2) is 52.2 Å². The topological polar surface area (TPSA) is 275 Å². The van der Waals surface area contributed by atoms with Gasteiger partial charge in [0.1, 0.15) is 24.2 Å². The molecule has 0 bridgehead atoms. The first-order chi connectivity index (χ1) is 30.9. The molecule has 3 aliphatic heterocycles. The number of benzene rings is 2. The molecule has 5 atom stereocenters. The van der Waals surface area contributed by atoms with Gasteiger partial charge in [-0.3, -0.25) is 48.0 Å². The third kappa shape index (κ3) is 10.6. The van der Waals surface area contributed by atoms with Gasteiger partial charge in [-0.2, -0.15) is 0 Å². The number of nitrogens with zero attached hydrogens (tertiary/aromatic N) is 4. The lowest BCUT2D eigenvalue weighted by molar-refractivity contribution is -0.146. The van der Waals surface area contributed by atoms with Crippen LogP contribution in [-0.2, 0) is 63.4 Å². The Balaban J connectivity index is 0.903. The largest absolute Gasteiger partial charge is 0.370 e. The predicted octanol–water partition coefficient (Wildman–Crippen LogP) is 0.446. The van der Waals surface area contributed by atoms with E-state index in [4.69, 9.17) is 11.5 Å². The molecule has 1 aromatic heterocycles. The van der Waals surface area contributed by atoms with Crippen molar-refractivity contribution < 1.29 is 42.0 Å². The molecule has 4 fully saturated rings. The molecule has 1 unspecified atom stereocenters. The van der Waals surface area contributed by atoms with Crippen LogP contribution in [0.25, 0.3) is 11.0 Å². The number of aryl methyl sites for hydroxylation is 2. The number of amides is 7. The maximum absolute atomic E-state index is 14.0. The summed E-state index contributed by atoms with van der Waals surface area (Å²) in [5.41, 5.74) is 14.6. The van der Waals surface area contributed by atoms with Gasteiger partial charge in [-0.25, -0.2) is 13.2 Å². The molecule has 20 heteroatoms. The van der Waals surface area contributed by atoms with E-state index in [1.165, 1.54) is 26.2 Å². The van der Waals surface area contributed by atoms with Gasteiger partial charge in [0.15, 0.2) is 9.84 Å². The van der Waals surface area contributed by atoms with E-state index in [1.807, 2.05) is 18.2 Å². The van der Waals surface area contributed by atoms with Gasteiger partial charge in [0.25, 0.3) is 0 Å². The molecule has 3 saturated heterocycles. The van der Waals surface area contributed by atoms with Crippen molar-refractivity contribution in [2.45, 2.75) is 125 Å². The SMILES string of the molecule is Cn1c(=O)n(C2CCC(=O)NC2=O)c2ccc(CC[C@H]3CC[C@@H](C(=O)N4CC[C@H]5CC[C@@H](C(=O)N[C@@H](CCC(N)=O)C(=O)NCc6ccc(S(C)(=O)=O)cc6)N5C(=O)[C@@H](N)C4)CC3)cc21. The summed E-state index contributed by atoms with van der Waals surface area (Å²) in [6, 6.07) is 7.62. The van der Waals surface area contributed by atoms with E-state index in [0.29, 0.717) is 55.6 Å². The molecule has 1 aliphatic carbocycles. The summed E-state index contributed by atoms with van der Waals surface area (Å²) in [4.78, 5) is 108. The number of fused-ring (bicyclic) bond motifs is 2. The first-order valence-corrected chi connectivity index (χ1v) is 24.3. The van der Waals surface area contributed by atoms with Gasteiger partial charge >= 0.3 is 5.69 Å². The number of nitrogens with one attached hydrogen (secondary N) is 3. The van der Waals surface area contributed by atoms with Gasteiger partial charge in [0.05, 0.1) is 15.9 Å². The van der Waals surface area contributed by atoms with Crippen LogP contribution < -0.4 is 33.1 Å². The molecule has 2 aromatic carbocycles. The van der Waals surface area contributed by atoms with Gasteiger partial charge in [-0.05, 0) is 112 Å². The van der Waals surface area contributed by atoms with E-state index in [-0.39, 0.29) is 73.1 Å². The zero-order valence-electron chi connectivity index (χ0n) is 36.8. The van der Waals surface area contributed by atoms with Crippen LogP contribution >= 0.6 is 0 Å². The fraction of sp³-hybridized carbons (Fsp3) is 0.556. The van der Waals surface area contributed by atoms with E-state index >= 15 is 0 Å². The number of nitrogens with two attached hydrogens (primary N) is 2. The molecule has 7 amide bonds. The monoisotopic (exact) mass is 917 g/mol. The van der Waals surface area contributed by atoms with Crippen LogP contribution in [0.3, 0.4) is 0 Å². The molecular weight excluding hydrogens is 859 g/mol. The number of carbonyl (C=O) groups excluding carboxylic acids is 7. The molecule has 1 saturated carbocycles. The summed E-state index contributed by atoms with van der Waals surface area (Å²) in [6.07, 6.45) is 7.41. The number of imidazole rings is 1. The van der Waals surface area contributed by atoms with Crippen molar-refractivity contribution in [1.29, 1.82) is 0 Å². The lowest BCUT2D eigenvalue weighted by Gasteiger charge is -2.39. The molecule has 350 valence electrons. The molecule has 3 aromatic rings. The van der Waals surface area contributed by atoms with Crippen LogP contribution in [0.5, 0.6) is 0 Å². The maximum atomic E-state index is 14.0. The Morgan fingerprint density at radius 1 is 0.892 bits per heavy atom. The summed E-state index contributed by atoms with van der Waals surface area (Å²) >= 11 is 0. The summed E-state index contributed by atoms with van der Waals surface area (Å²) in [5, 5.41) is 7.79. The molecule has 19 nitrogen and oxygen atoms in total. The molecule has 7 rings (SSSR count). The van der Waals surface area contributed by atoms with Crippen molar-refractivity contribution >= 4 is 62.2 Å². The van der Waals surface area contributed by atoms with E-state index in [2.05, 4.69) is 16.0 Å². The number of sulfone groups is 1. The van der Waals surface area contributed by atoms with Gasteiger partial charge in [0.2, 0.25) is 41.4 Å². The second kappa shape index (κ2) is 19.7. The summed E-state index contributed by atoms with van der Waals surface area (Å²) in [7, 11) is -1.72. The van der Waals surface area contributed by atoms with Crippen LogP contribution in [0.1, 0.15) is 94.2 Å². The Hall–Kier alpha value is -5.89. The van der Waals surface area contributed by atoms with Crippen molar-refractivity contribution in [2.24, 2.45) is 30.4 Å². The van der Waals surface area contributed by atoms with Crippen molar-refractivity contribution in [3.8, 4) is 0 Å². The molecule has 65 heavy (non-hydrogen) atoms. The van der Waals surface area contributed by atoms with Gasteiger partial charge in [-0.15, -0.1) is 0 Å². The normalized spacial score (nSPS) is 24.4. The van der Waals surface area contributed by atoms with Crippen LogP contribution in [0.4, 0.5) is 0 Å². The van der Waals surface area contributed by atoms with Crippen molar-refractivity contribution in [3.63, 3.8) is 0 Å². The molecular formula is C45H59N9O10S. The fourth-order valence-electron chi connectivity index (χ4n) is 9.97. The number of hydrogen-bond donors (Lipinski definition) is 5. The molecule has 4 heterocycles. The first kappa shape index (κ1) is 47.1. The van der Waals surface area contributed by atoms with Crippen molar-refractivity contribution in [2.75, 3.05) is 19.3 Å². The molecule has 0 spiro atoms. The Bertz CT molecular complexity index is 2530. The van der Waals surface area contributed by atoms with Crippen molar-refractivity contribution in [1.82, 2.24) is 34.9 Å². The lowest BCUT2D eigenvalue weighted by atomic mass is 9.79. The molecule has 7 N–H and O–H groups in total. The maximum Gasteiger partial charge on any atom is 0.329 e. The Labute approximate surface area is 376 Å². The van der Waals surface area contributed by atoms with Gasteiger partial charge in [0, 0.05) is 57.7 Å². The van der Waals surface area contributed by atoms with E-state index in [1.54, 1.807) is 24.1 Å². The summed E-state index contributed by atoms with van der Waals surface area (Å²) < 4.78 is 26.7. The van der Waals surface area contributed by atoms with Crippen LogP contribution in [0.2, 0.25) is 0 Å².